The molecule has 0 radical (unpaired) electrons. The third-order valence-electron chi connectivity index (χ3n) is 0. The van der Waals surface area contributed by atoms with E-state index >= 15 is 0 Å². The van der Waals surface area contributed by atoms with Gasteiger partial charge in [-0.25, -0.2) is 0 Å². The maximum atomic E-state index is 8.25. The first kappa shape index (κ1) is 9.28. The summed E-state index contributed by atoms with van der Waals surface area (Å²) in [7, 11) is 0. The second-order valence-corrected chi connectivity index (χ2v) is 0.224. The molecule has 0 unspecified atom stereocenters. The summed E-state index contributed by atoms with van der Waals surface area (Å²) >= 11 is 0. The van der Waals surface area contributed by atoms with Gasteiger partial charge in [-0.05, 0) is 0 Å². The van der Waals surface area contributed by atoms with Crippen molar-refractivity contribution in [3.63, 3.8) is 0 Å². The van der Waals surface area contributed by atoms with Gasteiger partial charge in [0.2, 0.25) is 0 Å². The monoisotopic (exact) mass is 101 g/mol. The molecule has 0 aromatic carbocycles. The summed E-state index contributed by atoms with van der Waals surface area (Å²) in [5.74, 6) is 0. The van der Waals surface area contributed by atoms with Gasteiger partial charge in [0.05, 0.1) is 5.09 Å². The van der Waals surface area contributed by atoms with E-state index in [1.54, 1.807) is 0 Å². The van der Waals surface area contributed by atoms with Crippen LogP contribution in [0.15, 0.2) is 0 Å². The number of hydrogen-bond donors (Lipinski definition) is 0. The molecule has 0 aliphatic heterocycles. The molecule has 0 aromatic rings. The molecule has 4 nitrogen and oxygen atoms in total. The summed E-state index contributed by atoms with van der Waals surface area (Å²) in [6, 6.07) is 0. The minimum atomic E-state index is -1.75. The molecular weight excluding hydrogens is 101 g/mol. The fourth-order valence-electron chi connectivity index (χ4n) is 0. The molecule has 5 heavy (non-hydrogen) atoms. The van der Waals surface area contributed by atoms with Gasteiger partial charge in [-0.3, -0.25) is 0 Å². The van der Waals surface area contributed by atoms with Crippen LogP contribution >= 0.6 is 0 Å². The van der Waals surface area contributed by atoms with Crippen LogP contribution in [-0.2, 0) is 0 Å². The quantitative estimate of drug-likeness (QED) is 0.183. The zero-order chi connectivity index (χ0) is 3.58. The molecule has 0 rings (SSSR count). The van der Waals surface area contributed by atoms with E-state index < -0.39 is 5.09 Å². The molecular formula is KNO3. The molecule has 0 spiro atoms. The first-order chi connectivity index (χ1) is 1.73. The fourth-order valence-corrected chi connectivity index (χ4v) is 0. The second kappa shape index (κ2) is 4.84. The Morgan fingerprint density at radius 1 is 1.40 bits per heavy atom. The molecule has 0 saturated heterocycles. The number of nitrogens with zero attached hydrogens (tertiary/aromatic N) is 1. The molecule has 0 atom stereocenters. The number of hydrogen-bond acceptors (Lipinski definition) is 3. The van der Waals surface area contributed by atoms with Gasteiger partial charge >= 0.3 is 51.4 Å². The van der Waals surface area contributed by atoms with Crippen LogP contribution in [0.4, 0.5) is 0 Å². The van der Waals surface area contributed by atoms with E-state index in [0.29, 0.717) is 0 Å². The average molecular weight is 101 g/mol. The van der Waals surface area contributed by atoms with Crippen LogP contribution < -0.4 is 51.4 Å². The Labute approximate surface area is 70.7 Å². The van der Waals surface area contributed by atoms with Crippen molar-refractivity contribution in [3.05, 3.63) is 15.3 Å². The van der Waals surface area contributed by atoms with Crippen LogP contribution in [0, 0.1) is 15.3 Å². The first-order valence-electron chi connectivity index (χ1n) is 0.548. The van der Waals surface area contributed by atoms with E-state index in [1.165, 1.54) is 0 Å². The minimum absolute atomic E-state index is 0. The predicted octanol–water partition coefficient (Wildman–Crippen LogP) is -3.24. The predicted molar refractivity (Wildman–Crippen MR) is 10.4 cm³/mol. The standard InChI is InChI=1S/K.NO3/c;2-1(3)4/q+1;-1/i;1+0. The Morgan fingerprint density at radius 2 is 1.40 bits per heavy atom. The molecule has 0 amide bonds. The van der Waals surface area contributed by atoms with Crippen molar-refractivity contribution in [3.8, 4) is 0 Å². The van der Waals surface area contributed by atoms with Gasteiger partial charge in [0.1, 0.15) is 0 Å². The smallest absolute Gasteiger partial charge is 0.356 e. The van der Waals surface area contributed by atoms with E-state index in [4.69, 9.17) is 15.3 Å². The molecule has 0 aliphatic rings. The van der Waals surface area contributed by atoms with Crippen molar-refractivity contribution in [2.24, 2.45) is 0 Å². The van der Waals surface area contributed by atoms with E-state index in [1.807, 2.05) is 0 Å². The van der Waals surface area contributed by atoms with Crippen LogP contribution in [-0.4, -0.2) is 5.09 Å². The summed E-state index contributed by atoms with van der Waals surface area (Å²) in [5.41, 5.74) is 0. The largest absolute Gasteiger partial charge is 1.00 e. The van der Waals surface area contributed by atoms with Crippen LogP contribution in [0.5, 0.6) is 0 Å². The van der Waals surface area contributed by atoms with Gasteiger partial charge in [-0.15, -0.1) is 0 Å². The fraction of sp³-hybridized carbons (Fsp3) is 0. The van der Waals surface area contributed by atoms with Gasteiger partial charge in [0.25, 0.3) is 0 Å². The number of rotatable bonds is 0. The Hall–Kier alpha value is 0.836. The van der Waals surface area contributed by atoms with E-state index in [0.717, 1.165) is 0 Å². The summed E-state index contributed by atoms with van der Waals surface area (Å²) < 4.78 is 0. The van der Waals surface area contributed by atoms with Crippen LogP contribution in [0.2, 0.25) is 0 Å². The molecule has 5 heteroatoms. The molecule has 0 saturated carbocycles. The Balaban J connectivity index is 0. The third kappa shape index (κ3) is 55.6. The van der Waals surface area contributed by atoms with E-state index in [2.05, 4.69) is 0 Å². The zero-order valence-electron chi connectivity index (χ0n) is 2.67. The van der Waals surface area contributed by atoms with Gasteiger partial charge in [-0.1, -0.05) is 0 Å². The van der Waals surface area contributed by atoms with Crippen molar-refractivity contribution in [1.82, 2.24) is 0 Å². The SMILES string of the molecule is O=[14N+]([O-])[O-].[K+]. The molecule has 0 fully saturated rings. The average Bonchev–Trinajstić information content (AvgIpc) is 0.811. The normalized spacial score (nSPS) is 4.80. The van der Waals surface area contributed by atoms with Crippen molar-refractivity contribution in [2.45, 2.75) is 0 Å². The summed E-state index contributed by atoms with van der Waals surface area (Å²) in [6.07, 6.45) is 0. The summed E-state index contributed by atoms with van der Waals surface area (Å²) in [5, 5.41) is 14.8. The minimum Gasteiger partial charge on any atom is -0.356 e. The molecule has 0 N–H and O–H groups in total. The zero-order valence-corrected chi connectivity index (χ0v) is 5.80. The van der Waals surface area contributed by atoms with Crippen LogP contribution in [0.25, 0.3) is 0 Å². The topological polar surface area (TPSA) is 66.2 Å². The van der Waals surface area contributed by atoms with E-state index in [9.17, 15) is 0 Å². The molecule has 0 aromatic heterocycles. The third-order valence-corrected chi connectivity index (χ3v) is 0. The van der Waals surface area contributed by atoms with Crippen molar-refractivity contribution in [2.75, 3.05) is 0 Å². The van der Waals surface area contributed by atoms with Crippen molar-refractivity contribution >= 4 is 0 Å². The van der Waals surface area contributed by atoms with Crippen LogP contribution in [0.1, 0.15) is 0 Å². The maximum absolute atomic E-state index is 8.25. The van der Waals surface area contributed by atoms with Gasteiger partial charge < -0.3 is 15.3 Å². The molecule has 24 valence electrons. The summed E-state index contributed by atoms with van der Waals surface area (Å²) in [4.78, 5) is 8.25. The van der Waals surface area contributed by atoms with Crippen molar-refractivity contribution in [1.29, 1.82) is 0 Å². The van der Waals surface area contributed by atoms with Crippen molar-refractivity contribution < 1.29 is 56.5 Å². The first-order valence-corrected chi connectivity index (χ1v) is 0.548. The molecule has 0 aliphatic carbocycles. The van der Waals surface area contributed by atoms with Gasteiger partial charge in [0, 0.05) is 0 Å². The van der Waals surface area contributed by atoms with Gasteiger partial charge in [0.15, 0.2) is 0 Å². The Kier molecular flexibility index (Phi) is 8.97. The molecule has 0 bridgehead atoms. The van der Waals surface area contributed by atoms with Crippen LogP contribution in [0.3, 0.4) is 0 Å². The summed E-state index contributed by atoms with van der Waals surface area (Å²) in [6.45, 7) is 0. The van der Waals surface area contributed by atoms with E-state index in [-0.39, 0.29) is 51.4 Å². The van der Waals surface area contributed by atoms with Gasteiger partial charge in [-0.2, -0.15) is 0 Å². The maximum Gasteiger partial charge on any atom is 1.00 e. The Bertz CT molecular complexity index is 29.9. The Morgan fingerprint density at radius 3 is 1.40 bits per heavy atom. The molecule has 0 heterocycles. The second-order valence-electron chi connectivity index (χ2n) is 0.224.